The minimum atomic E-state index is -0.451. The summed E-state index contributed by atoms with van der Waals surface area (Å²) in [5.41, 5.74) is 1.57. The Balaban J connectivity index is 2.04. The van der Waals surface area contributed by atoms with Gasteiger partial charge in [-0.05, 0) is 17.7 Å². The first-order valence-electron chi connectivity index (χ1n) is 7.75. The Labute approximate surface area is 138 Å². The van der Waals surface area contributed by atoms with Crippen LogP contribution in [-0.2, 0) is 0 Å². The molecule has 0 fully saturated rings. The smallest absolute Gasteiger partial charge is 0.291 e. The van der Waals surface area contributed by atoms with Crippen LogP contribution in [-0.4, -0.2) is 17.4 Å². The number of amides is 1. The van der Waals surface area contributed by atoms with E-state index >= 15 is 0 Å². The third-order valence-corrected chi connectivity index (χ3v) is 4.31. The van der Waals surface area contributed by atoms with E-state index in [-0.39, 0.29) is 17.1 Å². The third kappa shape index (κ3) is 2.00. The Hall–Kier alpha value is -3.14. The zero-order chi connectivity index (χ0) is 16.7. The molecule has 118 valence electrons. The van der Waals surface area contributed by atoms with E-state index in [0.29, 0.717) is 23.1 Å². The monoisotopic (exact) mass is 317 g/mol. The highest BCUT2D eigenvalue weighted by molar-refractivity contribution is 5.99. The number of nitrogens with zero attached hydrogens (tertiary/aromatic N) is 1. The molecular weight excluding hydrogens is 302 g/mol. The van der Waals surface area contributed by atoms with Crippen LogP contribution in [0, 0.1) is 0 Å². The molecule has 0 N–H and O–H groups in total. The molecular formula is C20H15NO3. The molecule has 24 heavy (non-hydrogen) atoms. The average Bonchev–Trinajstić information content (AvgIpc) is 2.89. The molecule has 0 unspecified atom stereocenters. The van der Waals surface area contributed by atoms with Crippen LogP contribution in [0.5, 0.6) is 0 Å². The molecule has 0 bridgehead atoms. The van der Waals surface area contributed by atoms with Gasteiger partial charge in [0.05, 0.1) is 17.0 Å². The van der Waals surface area contributed by atoms with Gasteiger partial charge in [0.15, 0.2) is 5.43 Å². The van der Waals surface area contributed by atoms with Crippen LogP contribution in [0.25, 0.3) is 11.0 Å². The van der Waals surface area contributed by atoms with Crippen molar-refractivity contribution in [1.82, 2.24) is 4.90 Å². The molecule has 4 heteroatoms. The number of hydrogen-bond acceptors (Lipinski definition) is 3. The number of rotatable bonds is 3. The number of carbonyl (C=O) groups is 1. The van der Waals surface area contributed by atoms with Crippen molar-refractivity contribution in [2.45, 2.75) is 6.04 Å². The normalized spacial score (nSPS) is 16.4. The highest BCUT2D eigenvalue weighted by Crippen LogP contribution is 2.37. The Bertz CT molecular complexity index is 1000. The van der Waals surface area contributed by atoms with Gasteiger partial charge in [0.25, 0.3) is 5.91 Å². The van der Waals surface area contributed by atoms with Crippen LogP contribution in [0.1, 0.15) is 27.7 Å². The van der Waals surface area contributed by atoms with Crippen molar-refractivity contribution in [3.63, 3.8) is 0 Å². The zero-order valence-corrected chi connectivity index (χ0v) is 12.9. The Morgan fingerprint density at radius 1 is 1.04 bits per heavy atom. The molecule has 2 aromatic carbocycles. The third-order valence-electron chi connectivity index (χ3n) is 4.31. The van der Waals surface area contributed by atoms with Crippen molar-refractivity contribution in [1.29, 1.82) is 0 Å². The van der Waals surface area contributed by atoms with Gasteiger partial charge in [0, 0.05) is 6.54 Å². The highest BCUT2D eigenvalue weighted by atomic mass is 16.3. The van der Waals surface area contributed by atoms with Crippen LogP contribution < -0.4 is 5.43 Å². The summed E-state index contributed by atoms with van der Waals surface area (Å²) >= 11 is 0. The van der Waals surface area contributed by atoms with Crippen LogP contribution >= 0.6 is 0 Å². The number of benzene rings is 2. The minimum Gasteiger partial charge on any atom is -0.450 e. The molecule has 1 amide bonds. The summed E-state index contributed by atoms with van der Waals surface area (Å²) in [7, 11) is 0. The standard InChI is InChI=1S/C20H15NO3/c1-2-12-21-17(13-8-4-3-5-9-13)16-18(22)14-10-6-7-11-15(14)24-19(16)20(21)23/h2-11,17H,1,12H2/t17-/m1/s1. The summed E-state index contributed by atoms with van der Waals surface area (Å²) in [6.07, 6.45) is 1.66. The summed E-state index contributed by atoms with van der Waals surface area (Å²) in [5, 5.41) is 0.491. The number of carbonyl (C=O) groups excluding carboxylic acids is 1. The second-order valence-electron chi connectivity index (χ2n) is 5.73. The molecule has 1 atom stereocenters. The maximum Gasteiger partial charge on any atom is 0.291 e. The molecule has 0 aliphatic carbocycles. The highest BCUT2D eigenvalue weighted by Gasteiger charge is 2.41. The number of hydrogen-bond donors (Lipinski definition) is 0. The van der Waals surface area contributed by atoms with Gasteiger partial charge >= 0.3 is 0 Å². The van der Waals surface area contributed by atoms with Gasteiger partial charge in [-0.25, -0.2) is 0 Å². The predicted molar refractivity (Wildman–Crippen MR) is 92.0 cm³/mol. The minimum absolute atomic E-state index is 0.134. The van der Waals surface area contributed by atoms with E-state index in [1.165, 1.54) is 0 Å². The topological polar surface area (TPSA) is 50.5 Å². The Morgan fingerprint density at radius 2 is 1.75 bits per heavy atom. The maximum absolute atomic E-state index is 13.0. The van der Waals surface area contributed by atoms with Crippen molar-refractivity contribution < 1.29 is 9.21 Å². The number of fused-ring (bicyclic) bond motifs is 2. The van der Waals surface area contributed by atoms with E-state index in [0.717, 1.165) is 5.56 Å². The summed E-state index contributed by atoms with van der Waals surface area (Å²) < 4.78 is 5.80. The lowest BCUT2D eigenvalue weighted by Gasteiger charge is -2.23. The summed E-state index contributed by atoms with van der Waals surface area (Å²) in [5.74, 6) is -0.143. The van der Waals surface area contributed by atoms with Gasteiger partial charge in [-0.2, -0.15) is 0 Å². The van der Waals surface area contributed by atoms with Crippen LogP contribution in [0.4, 0.5) is 0 Å². The van der Waals surface area contributed by atoms with E-state index in [1.807, 2.05) is 30.3 Å². The van der Waals surface area contributed by atoms with Gasteiger partial charge in [-0.15, -0.1) is 6.58 Å². The van der Waals surface area contributed by atoms with Gasteiger partial charge in [0.1, 0.15) is 5.58 Å². The lowest BCUT2D eigenvalue weighted by atomic mass is 9.98. The van der Waals surface area contributed by atoms with Crippen molar-refractivity contribution >= 4 is 16.9 Å². The van der Waals surface area contributed by atoms with Gasteiger partial charge in [0.2, 0.25) is 5.76 Å². The molecule has 1 aromatic heterocycles. The quantitative estimate of drug-likeness (QED) is 0.694. The first-order valence-corrected chi connectivity index (χ1v) is 7.75. The first kappa shape index (κ1) is 14.5. The van der Waals surface area contributed by atoms with Crippen molar-refractivity contribution in [2.75, 3.05) is 6.54 Å². The van der Waals surface area contributed by atoms with Crippen LogP contribution in [0.15, 0.2) is 76.5 Å². The Kier molecular flexibility index (Phi) is 3.31. The zero-order valence-electron chi connectivity index (χ0n) is 12.9. The lowest BCUT2D eigenvalue weighted by Crippen LogP contribution is -2.29. The average molecular weight is 317 g/mol. The molecule has 3 aromatic rings. The molecule has 4 nitrogen and oxygen atoms in total. The van der Waals surface area contributed by atoms with Crippen molar-refractivity contribution in [2.24, 2.45) is 0 Å². The fourth-order valence-corrected chi connectivity index (χ4v) is 3.28. The Morgan fingerprint density at radius 3 is 2.50 bits per heavy atom. The van der Waals surface area contributed by atoms with E-state index in [9.17, 15) is 9.59 Å². The molecule has 0 saturated heterocycles. The molecule has 0 saturated carbocycles. The molecule has 1 aliphatic heterocycles. The number of para-hydroxylation sites is 1. The fourth-order valence-electron chi connectivity index (χ4n) is 3.28. The second-order valence-corrected chi connectivity index (χ2v) is 5.73. The summed E-state index contributed by atoms with van der Waals surface area (Å²) in [6.45, 7) is 4.07. The van der Waals surface area contributed by atoms with Crippen molar-refractivity contribution in [3.05, 3.63) is 94.4 Å². The maximum atomic E-state index is 13.0. The molecule has 0 radical (unpaired) electrons. The van der Waals surface area contributed by atoms with Crippen LogP contribution in [0.2, 0.25) is 0 Å². The molecule has 2 heterocycles. The van der Waals surface area contributed by atoms with Gasteiger partial charge in [-0.1, -0.05) is 48.5 Å². The molecule has 4 rings (SSSR count). The fraction of sp³-hybridized carbons (Fsp3) is 0.100. The lowest BCUT2D eigenvalue weighted by molar-refractivity contribution is 0.0748. The van der Waals surface area contributed by atoms with Crippen LogP contribution in [0.3, 0.4) is 0 Å². The van der Waals surface area contributed by atoms with E-state index in [2.05, 4.69) is 6.58 Å². The van der Waals surface area contributed by atoms with E-state index in [1.54, 1.807) is 35.2 Å². The van der Waals surface area contributed by atoms with Gasteiger partial charge < -0.3 is 9.32 Å². The molecule has 1 aliphatic rings. The molecule has 0 spiro atoms. The summed E-state index contributed by atoms with van der Waals surface area (Å²) in [4.78, 5) is 27.5. The predicted octanol–water partition coefficient (Wildman–Crippen LogP) is 3.52. The van der Waals surface area contributed by atoms with E-state index < -0.39 is 6.04 Å². The summed E-state index contributed by atoms with van der Waals surface area (Å²) in [6, 6.07) is 16.1. The van der Waals surface area contributed by atoms with E-state index in [4.69, 9.17) is 4.42 Å². The van der Waals surface area contributed by atoms with Crippen molar-refractivity contribution in [3.8, 4) is 0 Å². The van der Waals surface area contributed by atoms with Gasteiger partial charge in [-0.3, -0.25) is 9.59 Å². The first-order chi connectivity index (χ1) is 11.7. The second kappa shape index (κ2) is 5.49. The SMILES string of the molecule is C=CCN1C(=O)c2oc3ccccc3c(=O)c2[C@H]1c1ccccc1. The largest absolute Gasteiger partial charge is 0.450 e.